The number of carbonyl (C=O) groups excluding carboxylic acids is 1. The molecule has 0 aromatic heterocycles. The second-order valence-corrected chi connectivity index (χ2v) is 8.79. The number of benzene rings is 1. The predicted molar refractivity (Wildman–Crippen MR) is 117 cm³/mol. The molecular formula is C23H34N4O3. The van der Waals surface area contributed by atoms with Crippen molar-refractivity contribution in [3.8, 4) is 5.75 Å². The topological polar surface area (TPSA) is 75.2 Å². The first-order valence-electron chi connectivity index (χ1n) is 11.1. The van der Waals surface area contributed by atoms with E-state index in [1.165, 1.54) is 19.3 Å². The third-order valence-corrected chi connectivity index (χ3v) is 6.89. The summed E-state index contributed by atoms with van der Waals surface area (Å²) < 4.78 is 11.8. The number of ether oxygens (including phenoxy) is 2. The van der Waals surface area contributed by atoms with Crippen LogP contribution in [0.5, 0.6) is 5.75 Å². The highest BCUT2D eigenvalue weighted by molar-refractivity contribution is 5.85. The number of likely N-dealkylation sites (N-methyl/N-ethyl adjacent to an activating group) is 1. The van der Waals surface area contributed by atoms with Crippen molar-refractivity contribution in [1.29, 1.82) is 0 Å². The Bertz CT molecular complexity index is 790. The summed E-state index contributed by atoms with van der Waals surface area (Å²) in [5, 5.41) is 7.24. The lowest BCUT2D eigenvalue weighted by atomic mass is 9.51. The number of hydrogen-bond donors (Lipinski definition) is 2. The Kier molecular flexibility index (Phi) is 6.18. The lowest BCUT2D eigenvalue weighted by Crippen LogP contribution is -2.68. The van der Waals surface area contributed by atoms with Gasteiger partial charge in [0.15, 0.2) is 5.96 Å². The van der Waals surface area contributed by atoms with E-state index in [0.29, 0.717) is 24.7 Å². The summed E-state index contributed by atoms with van der Waals surface area (Å²) in [6, 6.07) is 8.56. The lowest BCUT2D eigenvalue weighted by Gasteiger charge is -2.61. The van der Waals surface area contributed by atoms with E-state index in [1.807, 2.05) is 18.2 Å². The molecule has 164 valence electrons. The zero-order valence-electron chi connectivity index (χ0n) is 18.3. The fourth-order valence-electron chi connectivity index (χ4n) is 4.88. The van der Waals surface area contributed by atoms with E-state index in [0.717, 1.165) is 30.8 Å². The van der Waals surface area contributed by atoms with Gasteiger partial charge in [-0.15, -0.1) is 0 Å². The zero-order chi connectivity index (χ0) is 21.1. The number of amides is 1. The minimum Gasteiger partial charge on any atom is -0.493 e. The normalized spacial score (nSPS) is 26.6. The number of fused-ring (bicyclic) bond motifs is 1. The first-order valence-corrected chi connectivity index (χ1v) is 11.1. The van der Waals surface area contributed by atoms with Gasteiger partial charge in [-0.1, -0.05) is 24.6 Å². The van der Waals surface area contributed by atoms with Gasteiger partial charge in [0.05, 0.1) is 18.8 Å². The van der Waals surface area contributed by atoms with E-state index in [2.05, 4.69) is 28.6 Å². The molecule has 1 amide bonds. The van der Waals surface area contributed by atoms with E-state index in [4.69, 9.17) is 9.47 Å². The fourth-order valence-corrected chi connectivity index (χ4v) is 4.88. The molecule has 2 N–H and O–H groups in total. The SMILES string of the molecule is CCOC1CC(NC(=NCC(=O)N(C)C)NC2CCOc3ccccc32)C12CCC2. The van der Waals surface area contributed by atoms with Crippen molar-refractivity contribution >= 4 is 11.9 Å². The lowest BCUT2D eigenvalue weighted by molar-refractivity contribution is -0.168. The maximum atomic E-state index is 12.2. The van der Waals surface area contributed by atoms with Gasteiger partial charge in [-0.3, -0.25) is 4.79 Å². The first-order chi connectivity index (χ1) is 14.5. The predicted octanol–water partition coefficient (Wildman–Crippen LogP) is 2.48. The highest BCUT2D eigenvalue weighted by Gasteiger charge is 2.59. The molecule has 0 saturated heterocycles. The van der Waals surface area contributed by atoms with Crippen LogP contribution in [0.25, 0.3) is 0 Å². The molecule has 3 aliphatic rings. The molecule has 2 fully saturated rings. The summed E-state index contributed by atoms with van der Waals surface area (Å²) in [7, 11) is 3.52. The summed E-state index contributed by atoms with van der Waals surface area (Å²) in [6.45, 7) is 3.62. The minimum atomic E-state index is -0.0114. The van der Waals surface area contributed by atoms with Crippen molar-refractivity contribution in [1.82, 2.24) is 15.5 Å². The number of guanidine groups is 1. The average molecular weight is 415 g/mol. The summed E-state index contributed by atoms with van der Waals surface area (Å²) in [6.07, 6.45) is 5.83. The number of para-hydroxylation sites is 1. The number of hydrogen-bond acceptors (Lipinski definition) is 4. The third kappa shape index (κ3) is 4.00. The molecular weight excluding hydrogens is 380 g/mol. The Morgan fingerprint density at radius 2 is 2.10 bits per heavy atom. The zero-order valence-corrected chi connectivity index (χ0v) is 18.3. The van der Waals surface area contributed by atoms with Crippen LogP contribution in [0.4, 0.5) is 0 Å². The van der Waals surface area contributed by atoms with Crippen LogP contribution in [-0.2, 0) is 9.53 Å². The van der Waals surface area contributed by atoms with E-state index >= 15 is 0 Å². The second-order valence-electron chi connectivity index (χ2n) is 8.79. The van der Waals surface area contributed by atoms with Gasteiger partial charge >= 0.3 is 0 Å². The molecule has 7 heteroatoms. The van der Waals surface area contributed by atoms with Crippen LogP contribution in [0.2, 0.25) is 0 Å². The van der Waals surface area contributed by atoms with Gasteiger partial charge in [0.2, 0.25) is 5.91 Å². The number of rotatable bonds is 6. The summed E-state index contributed by atoms with van der Waals surface area (Å²) in [5.41, 5.74) is 1.36. The van der Waals surface area contributed by atoms with E-state index < -0.39 is 0 Å². The van der Waals surface area contributed by atoms with Gasteiger partial charge in [0, 0.05) is 44.1 Å². The highest BCUT2D eigenvalue weighted by atomic mass is 16.5. The Labute approximate surface area is 179 Å². The van der Waals surface area contributed by atoms with Crippen LogP contribution in [0.15, 0.2) is 29.3 Å². The molecule has 0 radical (unpaired) electrons. The maximum Gasteiger partial charge on any atom is 0.243 e. The Balaban J connectivity index is 1.50. The number of carbonyl (C=O) groups is 1. The van der Waals surface area contributed by atoms with Crippen molar-refractivity contribution in [2.45, 2.75) is 57.2 Å². The molecule has 3 unspecified atom stereocenters. The average Bonchev–Trinajstić information content (AvgIpc) is 2.69. The molecule has 1 aromatic rings. The molecule has 1 heterocycles. The largest absolute Gasteiger partial charge is 0.493 e. The van der Waals surface area contributed by atoms with Crippen LogP contribution in [0.1, 0.15) is 50.6 Å². The number of aliphatic imine (C=N–C) groups is 1. The Morgan fingerprint density at radius 1 is 1.30 bits per heavy atom. The fraction of sp³-hybridized carbons (Fsp3) is 0.652. The molecule has 2 aliphatic carbocycles. The van der Waals surface area contributed by atoms with Gasteiger partial charge in [-0.25, -0.2) is 4.99 Å². The molecule has 3 atom stereocenters. The van der Waals surface area contributed by atoms with Gasteiger partial charge in [0.1, 0.15) is 12.3 Å². The monoisotopic (exact) mass is 414 g/mol. The molecule has 1 spiro atoms. The molecule has 7 nitrogen and oxygen atoms in total. The quantitative estimate of drug-likeness (QED) is 0.553. The van der Waals surface area contributed by atoms with Crippen LogP contribution in [0.3, 0.4) is 0 Å². The molecule has 1 aliphatic heterocycles. The van der Waals surface area contributed by atoms with Crippen molar-refractivity contribution in [2.24, 2.45) is 10.4 Å². The van der Waals surface area contributed by atoms with Gasteiger partial charge in [-0.05, 0) is 32.3 Å². The Hall–Kier alpha value is -2.28. The summed E-state index contributed by atoms with van der Waals surface area (Å²) in [4.78, 5) is 18.4. The number of nitrogens with one attached hydrogen (secondary N) is 2. The molecule has 2 saturated carbocycles. The smallest absolute Gasteiger partial charge is 0.243 e. The van der Waals surface area contributed by atoms with Crippen molar-refractivity contribution in [2.75, 3.05) is 33.9 Å². The molecule has 1 aromatic carbocycles. The van der Waals surface area contributed by atoms with Crippen molar-refractivity contribution < 1.29 is 14.3 Å². The highest BCUT2D eigenvalue weighted by Crippen LogP contribution is 2.57. The van der Waals surface area contributed by atoms with E-state index in [9.17, 15) is 4.79 Å². The van der Waals surface area contributed by atoms with E-state index in [1.54, 1.807) is 19.0 Å². The van der Waals surface area contributed by atoms with Crippen LogP contribution >= 0.6 is 0 Å². The van der Waals surface area contributed by atoms with Crippen LogP contribution in [0, 0.1) is 5.41 Å². The Morgan fingerprint density at radius 3 is 2.80 bits per heavy atom. The van der Waals surface area contributed by atoms with Crippen LogP contribution in [-0.4, -0.2) is 62.8 Å². The number of nitrogens with zero attached hydrogens (tertiary/aromatic N) is 2. The first kappa shape index (κ1) is 21.0. The minimum absolute atomic E-state index is 0.0114. The third-order valence-electron chi connectivity index (χ3n) is 6.89. The van der Waals surface area contributed by atoms with Gasteiger partial charge in [-0.2, -0.15) is 0 Å². The van der Waals surface area contributed by atoms with E-state index in [-0.39, 0.29) is 23.9 Å². The molecule has 30 heavy (non-hydrogen) atoms. The molecule has 4 rings (SSSR count). The van der Waals surface area contributed by atoms with Crippen LogP contribution < -0.4 is 15.4 Å². The van der Waals surface area contributed by atoms with Crippen molar-refractivity contribution in [3.63, 3.8) is 0 Å². The van der Waals surface area contributed by atoms with Gasteiger partial charge in [0.25, 0.3) is 0 Å². The molecule has 0 bridgehead atoms. The standard InChI is InChI=1S/C23H34N4O3/c1-4-29-20-14-19(23(20)11-7-12-23)26-22(24-15-21(28)27(2)3)25-17-10-13-30-18-9-6-5-8-16(17)18/h5-6,8-9,17,19-20H,4,7,10-15H2,1-3H3,(H2,24,25,26). The van der Waals surface area contributed by atoms with Gasteiger partial charge < -0.3 is 25.0 Å². The summed E-state index contributed by atoms with van der Waals surface area (Å²) >= 11 is 0. The summed E-state index contributed by atoms with van der Waals surface area (Å²) in [5.74, 6) is 1.61. The van der Waals surface area contributed by atoms with Crippen molar-refractivity contribution in [3.05, 3.63) is 29.8 Å². The maximum absolute atomic E-state index is 12.2. The second kappa shape index (κ2) is 8.84.